The molecule has 0 bridgehead atoms. The van der Waals surface area contributed by atoms with Crippen molar-refractivity contribution in [3.63, 3.8) is 0 Å². The van der Waals surface area contributed by atoms with Crippen molar-refractivity contribution in [1.82, 2.24) is 14.7 Å². The van der Waals surface area contributed by atoms with E-state index < -0.39 is 0 Å². The van der Waals surface area contributed by atoms with Gasteiger partial charge >= 0.3 is 0 Å². The number of benzene rings is 2. The minimum Gasteiger partial charge on any atom is -0.465 e. The number of aromatic nitrogens is 2. The van der Waals surface area contributed by atoms with E-state index >= 15 is 0 Å². The van der Waals surface area contributed by atoms with Crippen LogP contribution in [0.25, 0.3) is 5.69 Å². The van der Waals surface area contributed by atoms with Crippen molar-refractivity contribution in [2.24, 2.45) is 9.98 Å². The van der Waals surface area contributed by atoms with Crippen molar-refractivity contribution in [2.75, 3.05) is 13.2 Å². The first-order chi connectivity index (χ1) is 14.3. The van der Waals surface area contributed by atoms with Gasteiger partial charge in [-0.1, -0.05) is 55.5 Å². The SMILES string of the molecule is CCCOC1=Nc2c(cnn2-c2ccccc2)C2=N[C@@H](Cc3ccccc3)CN12. The third kappa shape index (κ3) is 3.31. The molecule has 2 aromatic carbocycles. The summed E-state index contributed by atoms with van der Waals surface area (Å²) in [4.78, 5) is 12.0. The highest BCUT2D eigenvalue weighted by Gasteiger charge is 2.37. The second-order valence-corrected chi connectivity index (χ2v) is 7.28. The topological polar surface area (TPSA) is 55.0 Å². The number of hydrogen-bond acceptors (Lipinski definition) is 5. The second-order valence-electron chi connectivity index (χ2n) is 7.28. The maximum Gasteiger partial charge on any atom is 0.300 e. The molecule has 0 aliphatic carbocycles. The summed E-state index contributed by atoms with van der Waals surface area (Å²) in [5.74, 6) is 1.68. The van der Waals surface area contributed by atoms with Crippen molar-refractivity contribution < 1.29 is 4.74 Å². The van der Waals surface area contributed by atoms with E-state index in [4.69, 9.17) is 14.7 Å². The number of aliphatic imine (C=N–C) groups is 2. The normalized spacial score (nSPS) is 17.4. The minimum atomic E-state index is 0.161. The summed E-state index contributed by atoms with van der Waals surface area (Å²) in [6, 6.07) is 21.3. The minimum absolute atomic E-state index is 0.161. The molecule has 2 aliphatic rings. The van der Waals surface area contributed by atoms with Crippen molar-refractivity contribution in [3.8, 4) is 5.69 Å². The van der Waals surface area contributed by atoms with Crippen LogP contribution in [0.5, 0.6) is 0 Å². The van der Waals surface area contributed by atoms with Gasteiger partial charge in [0.1, 0.15) is 5.84 Å². The molecule has 3 aromatic rings. The van der Waals surface area contributed by atoms with Crippen LogP contribution in [0.2, 0.25) is 0 Å². The van der Waals surface area contributed by atoms with E-state index in [0.717, 1.165) is 42.3 Å². The van der Waals surface area contributed by atoms with Crippen LogP contribution in [0.15, 0.2) is 76.8 Å². The van der Waals surface area contributed by atoms with Gasteiger partial charge in [-0.25, -0.2) is 4.68 Å². The van der Waals surface area contributed by atoms with E-state index in [2.05, 4.69) is 41.2 Å². The molecule has 0 amide bonds. The molecule has 1 aromatic heterocycles. The van der Waals surface area contributed by atoms with E-state index in [1.54, 1.807) is 0 Å². The van der Waals surface area contributed by atoms with Gasteiger partial charge in [0.15, 0.2) is 5.82 Å². The molecule has 0 spiro atoms. The molecule has 2 aliphatic heterocycles. The maximum atomic E-state index is 6.02. The zero-order valence-corrected chi connectivity index (χ0v) is 16.4. The lowest BCUT2D eigenvalue weighted by atomic mass is 10.1. The zero-order chi connectivity index (χ0) is 19.6. The first kappa shape index (κ1) is 17.7. The van der Waals surface area contributed by atoms with Gasteiger partial charge in [-0.05, 0) is 30.5 Å². The van der Waals surface area contributed by atoms with E-state index in [0.29, 0.717) is 12.6 Å². The molecule has 6 nitrogen and oxygen atoms in total. The third-order valence-electron chi connectivity index (χ3n) is 5.12. The molecular formula is C23H23N5O. The fourth-order valence-corrected chi connectivity index (χ4v) is 3.78. The van der Waals surface area contributed by atoms with Crippen LogP contribution in [0.1, 0.15) is 24.5 Å². The van der Waals surface area contributed by atoms with Crippen LogP contribution >= 0.6 is 0 Å². The predicted octanol–water partition coefficient (Wildman–Crippen LogP) is 3.97. The Kier molecular flexibility index (Phi) is 4.60. The molecule has 5 rings (SSSR count). The molecule has 6 heteroatoms. The Morgan fingerprint density at radius 2 is 1.79 bits per heavy atom. The average molecular weight is 385 g/mol. The van der Waals surface area contributed by atoms with Crippen molar-refractivity contribution in [3.05, 3.63) is 78.0 Å². The maximum absolute atomic E-state index is 6.02. The number of ether oxygens (including phenoxy) is 1. The monoisotopic (exact) mass is 385 g/mol. The lowest BCUT2D eigenvalue weighted by molar-refractivity contribution is 0.262. The Hall–Kier alpha value is -3.41. The van der Waals surface area contributed by atoms with Gasteiger partial charge in [0, 0.05) is 0 Å². The fraction of sp³-hybridized carbons (Fsp3) is 0.261. The summed E-state index contributed by atoms with van der Waals surface area (Å²) in [5.41, 5.74) is 3.21. The van der Waals surface area contributed by atoms with Gasteiger partial charge in [0.25, 0.3) is 6.02 Å². The second kappa shape index (κ2) is 7.54. The summed E-state index contributed by atoms with van der Waals surface area (Å²) in [5, 5.41) is 4.60. The largest absolute Gasteiger partial charge is 0.465 e. The Bertz CT molecular complexity index is 1060. The first-order valence-electron chi connectivity index (χ1n) is 10.1. The Morgan fingerprint density at radius 3 is 2.55 bits per heavy atom. The van der Waals surface area contributed by atoms with Gasteiger partial charge < -0.3 is 4.74 Å². The number of amidine groups is 2. The van der Waals surface area contributed by atoms with E-state index in [1.807, 2.05) is 47.3 Å². The van der Waals surface area contributed by atoms with Gasteiger partial charge in [-0.3, -0.25) is 9.89 Å². The van der Waals surface area contributed by atoms with Crippen LogP contribution < -0.4 is 0 Å². The smallest absolute Gasteiger partial charge is 0.300 e. The average Bonchev–Trinajstić information content (AvgIpc) is 3.37. The van der Waals surface area contributed by atoms with Crippen LogP contribution in [-0.2, 0) is 11.2 Å². The molecule has 0 N–H and O–H groups in total. The van der Waals surface area contributed by atoms with Crippen LogP contribution in [0, 0.1) is 0 Å². The molecular weight excluding hydrogens is 362 g/mol. The van der Waals surface area contributed by atoms with Gasteiger partial charge in [0.05, 0.1) is 36.6 Å². The Morgan fingerprint density at radius 1 is 1.03 bits per heavy atom. The van der Waals surface area contributed by atoms with Gasteiger partial charge in [0.2, 0.25) is 0 Å². The molecule has 0 unspecified atom stereocenters. The molecule has 0 saturated carbocycles. The zero-order valence-electron chi connectivity index (χ0n) is 16.4. The van der Waals surface area contributed by atoms with E-state index in [-0.39, 0.29) is 6.04 Å². The Balaban J connectivity index is 1.53. The molecule has 0 fully saturated rings. The first-order valence-corrected chi connectivity index (χ1v) is 10.1. The van der Waals surface area contributed by atoms with Crippen molar-refractivity contribution in [2.45, 2.75) is 25.8 Å². The fourth-order valence-electron chi connectivity index (χ4n) is 3.78. The highest BCUT2D eigenvalue weighted by atomic mass is 16.5. The summed E-state index contributed by atoms with van der Waals surface area (Å²) in [6.45, 7) is 3.49. The molecule has 0 saturated heterocycles. The van der Waals surface area contributed by atoms with E-state index in [9.17, 15) is 0 Å². The van der Waals surface area contributed by atoms with Crippen LogP contribution in [0.3, 0.4) is 0 Å². The predicted molar refractivity (Wildman–Crippen MR) is 114 cm³/mol. The third-order valence-corrected chi connectivity index (χ3v) is 5.12. The molecule has 1 atom stereocenters. The summed E-state index contributed by atoms with van der Waals surface area (Å²) >= 11 is 0. The number of nitrogens with zero attached hydrogens (tertiary/aromatic N) is 5. The summed E-state index contributed by atoms with van der Waals surface area (Å²) in [7, 11) is 0. The Labute approximate surface area is 170 Å². The van der Waals surface area contributed by atoms with Crippen molar-refractivity contribution >= 4 is 17.7 Å². The van der Waals surface area contributed by atoms with Crippen LogP contribution in [-0.4, -0.2) is 45.7 Å². The molecule has 29 heavy (non-hydrogen) atoms. The summed E-state index contributed by atoms with van der Waals surface area (Å²) < 4.78 is 7.87. The molecule has 0 radical (unpaired) electrons. The van der Waals surface area contributed by atoms with Crippen LogP contribution in [0.4, 0.5) is 5.82 Å². The van der Waals surface area contributed by atoms with Gasteiger partial charge in [-0.2, -0.15) is 10.1 Å². The number of para-hydroxylation sites is 1. The highest BCUT2D eigenvalue weighted by molar-refractivity contribution is 6.14. The number of rotatable bonds is 5. The quantitative estimate of drug-likeness (QED) is 0.668. The summed E-state index contributed by atoms with van der Waals surface area (Å²) in [6.07, 6.45) is 3.68. The number of hydrogen-bond donors (Lipinski definition) is 0. The molecule has 146 valence electrons. The lowest BCUT2D eigenvalue weighted by Crippen LogP contribution is -2.40. The standard InChI is InChI=1S/C23H23N5O/c1-2-13-29-23-26-22-20(15-24-28(22)19-11-7-4-8-12-19)21-25-18(16-27(21)23)14-17-9-5-3-6-10-17/h3-12,15,18H,2,13-14,16H2,1H3/t18-/m0/s1. The highest BCUT2D eigenvalue weighted by Crippen LogP contribution is 2.32. The van der Waals surface area contributed by atoms with Gasteiger partial charge in [-0.15, -0.1) is 0 Å². The van der Waals surface area contributed by atoms with Crippen molar-refractivity contribution in [1.29, 1.82) is 0 Å². The van der Waals surface area contributed by atoms with E-state index in [1.165, 1.54) is 5.56 Å². The lowest BCUT2D eigenvalue weighted by Gasteiger charge is -2.25. The number of fused-ring (bicyclic) bond motifs is 3. The molecule has 3 heterocycles.